The molecular weight excluding hydrogens is 279 g/mol. The van der Waals surface area contributed by atoms with Gasteiger partial charge in [-0.25, -0.2) is 9.37 Å². The molecule has 1 aromatic carbocycles. The van der Waals surface area contributed by atoms with Crippen molar-refractivity contribution in [2.45, 2.75) is 25.8 Å². The SMILES string of the molecule is CCNC(Cc1ccc(F)cc1Cl)Cc1ncnn1C. The molecule has 0 aliphatic heterocycles. The van der Waals surface area contributed by atoms with Gasteiger partial charge in [-0.1, -0.05) is 24.6 Å². The van der Waals surface area contributed by atoms with Gasteiger partial charge in [0.2, 0.25) is 0 Å². The van der Waals surface area contributed by atoms with Gasteiger partial charge in [0.05, 0.1) is 0 Å². The number of halogens is 2. The summed E-state index contributed by atoms with van der Waals surface area (Å²) in [7, 11) is 1.87. The van der Waals surface area contributed by atoms with Crippen LogP contribution in [0.5, 0.6) is 0 Å². The molecule has 6 heteroatoms. The summed E-state index contributed by atoms with van der Waals surface area (Å²) >= 11 is 6.09. The van der Waals surface area contributed by atoms with Gasteiger partial charge in [0.25, 0.3) is 0 Å². The van der Waals surface area contributed by atoms with Crippen LogP contribution in [0.2, 0.25) is 5.02 Å². The van der Waals surface area contributed by atoms with Gasteiger partial charge in [-0.05, 0) is 30.7 Å². The van der Waals surface area contributed by atoms with E-state index in [4.69, 9.17) is 11.6 Å². The Hall–Kier alpha value is -1.46. The first-order chi connectivity index (χ1) is 9.60. The first kappa shape index (κ1) is 14.9. The van der Waals surface area contributed by atoms with E-state index in [1.54, 1.807) is 17.1 Å². The van der Waals surface area contributed by atoms with E-state index in [1.807, 2.05) is 7.05 Å². The Morgan fingerprint density at radius 1 is 1.40 bits per heavy atom. The summed E-state index contributed by atoms with van der Waals surface area (Å²) in [6, 6.07) is 4.71. The first-order valence-electron chi connectivity index (χ1n) is 6.60. The van der Waals surface area contributed by atoms with Gasteiger partial charge in [0.15, 0.2) is 0 Å². The molecule has 0 saturated carbocycles. The Bertz CT molecular complexity index is 570. The van der Waals surface area contributed by atoms with E-state index in [-0.39, 0.29) is 11.9 Å². The van der Waals surface area contributed by atoms with Crippen LogP contribution in [0.1, 0.15) is 18.3 Å². The molecule has 20 heavy (non-hydrogen) atoms. The van der Waals surface area contributed by atoms with E-state index >= 15 is 0 Å². The largest absolute Gasteiger partial charge is 0.313 e. The molecule has 2 aromatic rings. The van der Waals surface area contributed by atoms with Crippen LogP contribution >= 0.6 is 11.6 Å². The Kier molecular flexibility index (Phi) is 5.09. The quantitative estimate of drug-likeness (QED) is 0.890. The highest BCUT2D eigenvalue weighted by Gasteiger charge is 2.14. The number of benzene rings is 1. The third-order valence-electron chi connectivity index (χ3n) is 3.21. The minimum absolute atomic E-state index is 0.186. The number of hydrogen-bond donors (Lipinski definition) is 1. The number of rotatable bonds is 6. The molecule has 1 N–H and O–H groups in total. The molecule has 0 radical (unpaired) electrons. The molecule has 0 spiro atoms. The van der Waals surface area contributed by atoms with Gasteiger partial charge in [-0.15, -0.1) is 0 Å². The second-order valence-corrected chi connectivity index (χ2v) is 5.11. The summed E-state index contributed by atoms with van der Waals surface area (Å²) in [6.07, 6.45) is 3.01. The maximum absolute atomic E-state index is 13.1. The fourth-order valence-corrected chi connectivity index (χ4v) is 2.43. The molecular formula is C14H18ClFN4. The first-order valence-corrected chi connectivity index (χ1v) is 6.98. The molecule has 1 atom stereocenters. The molecule has 0 aliphatic carbocycles. The molecule has 0 saturated heterocycles. The smallest absolute Gasteiger partial charge is 0.138 e. The summed E-state index contributed by atoms with van der Waals surface area (Å²) in [5.74, 6) is 0.598. The third-order valence-corrected chi connectivity index (χ3v) is 3.56. The van der Waals surface area contributed by atoms with Gasteiger partial charge in [-0.3, -0.25) is 4.68 Å². The molecule has 0 fully saturated rings. The van der Waals surface area contributed by atoms with Crippen LogP contribution in [0.4, 0.5) is 4.39 Å². The Balaban J connectivity index is 2.11. The maximum Gasteiger partial charge on any atom is 0.138 e. The molecule has 1 unspecified atom stereocenters. The lowest BCUT2D eigenvalue weighted by molar-refractivity contribution is 0.498. The lowest BCUT2D eigenvalue weighted by Crippen LogP contribution is -2.34. The van der Waals surface area contributed by atoms with Gasteiger partial charge in [-0.2, -0.15) is 5.10 Å². The van der Waals surface area contributed by atoms with Crippen molar-refractivity contribution in [3.05, 3.63) is 46.8 Å². The summed E-state index contributed by atoms with van der Waals surface area (Å²) in [4.78, 5) is 4.23. The number of nitrogens with one attached hydrogen (secondary N) is 1. The van der Waals surface area contributed by atoms with Crippen LogP contribution in [0.3, 0.4) is 0 Å². The minimum Gasteiger partial charge on any atom is -0.313 e. The Morgan fingerprint density at radius 3 is 2.80 bits per heavy atom. The van der Waals surface area contributed by atoms with Crippen molar-refractivity contribution in [2.24, 2.45) is 7.05 Å². The van der Waals surface area contributed by atoms with Crippen molar-refractivity contribution < 1.29 is 4.39 Å². The van der Waals surface area contributed by atoms with Gasteiger partial charge in [0, 0.05) is 24.5 Å². The second-order valence-electron chi connectivity index (χ2n) is 4.70. The lowest BCUT2D eigenvalue weighted by atomic mass is 10.0. The Morgan fingerprint density at radius 2 is 2.20 bits per heavy atom. The highest BCUT2D eigenvalue weighted by molar-refractivity contribution is 6.31. The number of aromatic nitrogens is 3. The van der Waals surface area contributed by atoms with Crippen molar-refractivity contribution in [2.75, 3.05) is 6.54 Å². The maximum atomic E-state index is 13.1. The highest BCUT2D eigenvalue weighted by atomic mass is 35.5. The van der Waals surface area contributed by atoms with E-state index in [0.717, 1.165) is 30.8 Å². The van der Waals surface area contributed by atoms with Crippen LogP contribution in [0, 0.1) is 5.82 Å². The normalized spacial score (nSPS) is 12.6. The molecule has 4 nitrogen and oxygen atoms in total. The zero-order chi connectivity index (χ0) is 14.5. The predicted molar refractivity (Wildman–Crippen MR) is 77.3 cm³/mol. The van der Waals surface area contributed by atoms with Crippen molar-refractivity contribution >= 4 is 11.6 Å². The molecule has 1 heterocycles. The Labute approximate surface area is 123 Å². The predicted octanol–water partition coefficient (Wildman–Crippen LogP) is 2.37. The van der Waals surface area contributed by atoms with E-state index in [1.165, 1.54) is 12.1 Å². The zero-order valence-corrected chi connectivity index (χ0v) is 12.4. The number of aryl methyl sites for hydroxylation is 1. The molecule has 0 amide bonds. The minimum atomic E-state index is -0.313. The van der Waals surface area contributed by atoms with E-state index in [9.17, 15) is 4.39 Å². The summed E-state index contributed by atoms with van der Waals surface area (Å²) in [5.41, 5.74) is 0.932. The molecule has 0 bridgehead atoms. The van der Waals surface area contributed by atoms with Crippen LogP contribution in [0.15, 0.2) is 24.5 Å². The van der Waals surface area contributed by atoms with Crippen LogP contribution in [-0.4, -0.2) is 27.4 Å². The fraction of sp³-hybridized carbons (Fsp3) is 0.429. The number of likely N-dealkylation sites (N-methyl/N-ethyl adjacent to an activating group) is 1. The summed E-state index contributed by atoms with van der Waals surface area (Å²) in [6.45, 7) is 2.90. The van der Waals surface area contributed by atoms with Crippen molar-refractivity contribution in [3.8, 4) is 0 Å². The van der Waals surface area contributed by atoms with Gasteiger partial charge in [0.1, 0.15) is 18.0 Å². The molecule has 108 valence electrons. The van der Waals surface area contributed by atoms with E-state index in [2.05, 4.69) is 22.3 Å². The van der Waals surface area contributed by atoms with Crippen LogP contribution in [-0.2, 0) is 19.9 Å². The van der Waals surface area contributed by atoms with Crippen molar-refractivity contribution in [1.29, 1.82) is 0 Å². The van der Waals surface area contributed by atoms with Crippen molar-refractivity contribution in [1.82, 2.24) is 20.1 Å². The highest BCUT2D eigenvalue weighted by Crippen LogP contribution is 2.19. The average molecular weight is 297 g/mol. The van der Waals surface area contributed by atoms with Gasteiger partial charge >= 0.3 is 0 Å². The van der Waals surface area contributed by atoms with Crippen molar-refractivity contribution in [3.63, 3.8) is 0 Å². The van der Waals surface area contributed by atoms with Crippen LogP contribution in [0.25, 0.3) is 0 Å². The fourth-order valence-electron chi connectivity index (χ4n) is 2.18. The molecule has 0 aliphatic rings. The summed E-state index contributed by atoms with van der Waals surface area (Å²) < 4.78 is 14.8. The second kappa shape index (κ2) is 6.81. The number of hydrogen-bond acceptors (Lipinski definition) is 3. The topological polar surface area (TPSA) is 42.7 Å². The zero-order valence-electron chi connectivity index (χ0n) is 11.6. The third kappa shape index (κ3) is 3.77. The summed E-state index contributed by atoms with van der Waals surface area (Å²) in [5, 5.41) is 7.94. The number of nitrogens with zero attached hydrogens (tertiary/aromatic N) is 3. The van der Waals surface area contributed by atoms with Gasteiger partial charge < -0.3 is 5.32 Å². The van der Waals surface area contributed by atoms with E-state index < -0.39 is 0 Å². The monoisotopic (exact) mass is 296 g/mol. The van der Waals surface area contributed by atoms with Crippen LogP contribution < -0.4 is 5.32 Å². The van der Waals surface area contributed by atoms with E-state index in [0.29, 0.717) is 5.02 Å². The molecule has 2 rings (SSSR count). The average Bonchev–Trinajstić information content (AvgIpc) is 2.79. The standard InChI is InChI=1S/C14H18ClFN4/c1-3-17-12(8-14-18-9-19-20(14)2)6-10-4-5-11(16)7-13(10)15/h4-5,7,9,12,17H,3,6,8H2,1-2H3. The molecule has 1 aromatic heterocycles. The lowest BCUT2D eigenvalue weighted by Gasteiger charge is -2.18.